The molecule has 2 N–H and O–H groups in total. The van der Waals surface area contributed by atoms with E-state index in [1.165, 1.54) is 13.2 Å². The number of ether oxygens (including phenoxy) is 3. The number of guanidine groups is 1. The molecular weight excluding hydrogens is 495 g/mol. The summed E-state index contributed by atoms with van der Waals surface area (Å²) in [6.45, 7) is -0.144. The Morgan fingerprint density at radius 1 is 1.00 bits per heavy atom. The Kier molecular flexibility index (Phi) is 10.5. The highest BCUT2D eigenvalue weighted by Gasteiger charge is 2.12. The summed E-state index contributed by atoms with van der Waals surface area (Å²) in [7, 11) is 4.78. The van der Waals surface area contributed by atoms with Crippen LogP contribution in [0, 0.1) is 6.92 Å². The molecule has 0 aliphatic carbocycles. The highest BCUT2D eigenvalue weighted by molar-refractivity contribution is 14.0. The van der Waals surface area contributed by atoms with Crippen molar-refractivity contribution in [3.8, 4) is 17.2 Å². The van der Waals surface area contributed by atoms with Crippen molar-refractivity contribution in [3.63, 3.8) is 0 Å². The first kappa shape index (κ1) is 24.7. The molecule has 0 saturated heterocycles. The van der Waals surface area contributed by atoms with Crippen LogP contribution in [-0.4, -0.2) is 33.8 Å². The van der Waals surface area contributed by atoms with Gasteiger partial charge in [0.05, 0.1) is 14.2 Å². The number of aryl methyl sites for hydroxylation is 1. The minimum Gasteiger partial charge on any atom is -0.497 e. The van der Waals surface area contributed by atoms with Crippen molar-refractivity contribution >= 4 is 29.9 Å². The van der Waals surface area contributed by atoms with E-state index >= 15 is 0 Å². The van der Waals surface area contributed by atoms with E-state index in [2.05, 4.69) is 20.4 Å². The minimum atomic E-state index is -2.90. The van der Waals surface area contributed by atoms with E-state index in [1.807, 2.05) is 25.1 Å². The van der Waals surface area contributed by atoms with E-state index in [0.717, 1.165) is 16.9 Å². The average Bonchev–Trinajstić information content (AvgIpc) is 2.68. The van der Waals surface area contributed by atoms with Gasteiger partial charge in [-0.1, -0.05) is 12.1 Å². The summed E-state index contributed by atoms with van der Waals surface area (Å²) in [4.78, 5) is 4.16. The number of aliphatic imine (C=N–C) groups is 1. The number of alkyl halides is 2. The molecule has 0 unspecified atom stereocenters. The molecule has 0 aliphatic rings. The molecule has 160 valence electrons. The lowest BCUT2D eigenvalue weighted by Gasteiger charge is -2.16. The molecule has 0 amide bonds. The van der Waals surface area contributed by atoms with Gasteiger partial charge in [-0.25, -0.2) is 0 Å². The zero-order chi connectivity index (χ0) is 20.5. The molecule has 0 aromatic heterocycles. The molecule has 6 nitrogen and oxygen atoms in total. The van der Waals surface area contributed by atoms with Gasteiger partial charge in [-0.3, -0.25) is 4.99 Å². The van der Waals surface area contributed by atoms with Gasteiger partial charge < -0.3 is 24.8 Å². The largest absolute Gasteiger partial charge is 0.497 e. The van der Waals surface area contributed by atoms with Crippen molar-refractivity contribution in [1.82, 2.24) is 10.6 Å². The fourth-order valence-electron chi connectivity index (χ4n) is 2.67. The molecule has 2 aromatic carbocycles. The van der Waals surface area contributed by atoms with E-state index in [4.69, 9.17) is 9.47 Å². The standard InChI is InChI=1S/C20H25F2N3O3.HI/c1-13-9-14(5-7-17(13)27-4)11-24-20(23-2)25-12-15-10-16(26-3)6-8-18(15)28-19(21)22;/h5-10,19H,11-12H2,1-4H3,(H2,23,24,25);1H. The van der Waals surface area contributed by atoms with E-state index < -0.39 is 6.61 Å². The average molecular weight is 521 g/mol. The topological polar surface area (TPSA) is 64.1 Å². The molecular formula is C20H26F2IN3O3. The van der Waals surface area contributed by atoms with Crippen LogP contribution >= 0.6 is 24.0 Å². The Balaban J connectivity index is 0.00000420. The van der Waals surface area contributed by atoms with E-state index in [9.17, 15) is 8.78 Å². The lowest BCUT2D eigenvalue weighted by Crippen LogP contribution is -2.36. The first-order valence-corrected chi connectivity index (χ1v) is 8.66. The van der Waals surface area contributed by atoms with Gasteiger partial charge in [0.2, 0.25) is 0 Å². The number of halogens is 3. The molecule has 29 heavy (non-hydrogen) atoms. The molecule has 0 fully saturated rings. The zero-order valence-corrected chi connectivity index (χ0v) is 19.1. The van der Waals surface area contributed by atoms with Gasteiger partial charge in [-0.15, -0.1) is 24.0 Å². The maximum absolute atomic E-state index is 12.6. The number of nitrogens with zero attached hydrogens (tertiary/aromatic N) is 1. The Morgan fingerprint density at radius 2 is 1.69 bits per heavy atom. The Morgan fingerprint density at radius 3 is 2.28 bits per heavy atom. The van der Waals surface area contributed by atoms with Crippen LogP contribution in [0.4, 0.5) is 8.78 Å². The second-order valence-electron chi connectivity index (χ2n) is 5.94. The third-order valence-electron chi connectivity index (χ3n) is 4.07. The maximum Gasteiger partial charge on any atom is 0.387 e. The molecule has 0 saturated carbocycles. The zero-order valence-electron chi connectivity index (χ0n) is 16.8. The maximum atomic E-state index is 12.6. The summed E-state index contributed by atoms with van der Waals surface area (Å²) in [5.41, 5.74) is 2.63. The minimum absolute atomic E-state index is 0. The van der Waals surface area contributed by atoms with Gasteiger partial charge in [-0.2, -0.15) is 8.78 Å². The van der Waals surface area contributed by atoms with Gasteiger partial charge >= 0.3 is 6.61 Å². The summed E-state index contributed by atoms with van der Waals surface area (Å²) >= 11 is 0. The molecule has 0 heterocycles. The second kappa shape index (κ2) is 12.3. The normalized spacial score (nSPS) is 10.9. The summed E-state index contributed by atoms with van der Waals surface area (Å²) in [5, 5.41) is 6.28. The fourth-order valence-corrected chi connectivity index (χ4v) is 2.67. The molecule has 0 aliphatic heterocycles. The van der Waals surface area contributed by atoms with Crippen LogP contribution in [0.15, 0.2) is 41.4 Å². The number of nitrogens with one attached hydrogen (secondary N) is 2. The van der Waals surface area contributed by atoms with E-state index in [0.29, 0.717) is 23.8 Å². The molecule has 0 bridgehead atoms. The Hall–Kier alpha value is -2.30. The number of methoxy groups -OCH3 is 2. The molecule has 9 heteroatoms. The Labute approximate surface area is 186 Å². The van der Waals surface area contributed by atoms with Crippen molar-refractivity contribution in [1.29, 1.82) is 0 Å². The van der Waals surface area contributed by atoms with Gasteiger partial charge in [0.1, 0.15) is 17.2 Å². The van der Waals surface area contributed by atoms with Gasteiger partial charge in [-0.05, 0) is 42.3 Å². The van der Waals surface area contributed by atoms with Crippen molar-refractivity contribution < 1.29 is 23.0 Å². The van der Waals surface area contributed by atoms with Crippen LogP contribution in [0.25, 0.3) is 0 Å². The van der Waals surface area contributed by atoms with Crippen LogP contribution in [0.2, 0.25) is 0 Å². The number of hydrogen-bond donors (Lipinski definition) is 2. The predicted molar refractivity (Wildman–Crippen MR) is 120 cm³/mol. The van der Waals surface area contributed by atoms with Crippen LogP contribution in [0.1, 0.15) is 16.7 Å². The lowest BCUT2D eigenvalue weighted by atomic mass is 10.1. The van der Waals surface area contributed by atoms with Crippen LogP contribution in [0.5, 0.6) is 17.2 Å². The quantitative estimate of drug-likeness (QED) is 0.311. The van der Waals surface area contributed by atoms with Gasteiger partial charge in [0.15, 0.2) is 5.96 Å². The highest BCUT2D eigenvalue weighted by atomic mass is 127. The van der Waals surface area contributed by atoms with E-state index in [-0.39, 0.29) is 36.3 Å². The van der Waals surface area contributed by atoms with Crippen molar-refractivity contribution in [2.24, 2.45) is 4.99 Å². The van der Waals surface area contributed by atoms with Crippen LogP contribution in [-0.2, 0) is 13.1 Å². The first-order chi connectivity index (χ1) is 13.5. The summed E-state index contributed by atoms with van der Waals surface area (Å²) in [6, 6.07) is 10.6. The fraction of sp³-hybridized carbons (Fsp3) is 0.350. The van der Waals surface area contributed by atoms with Gasteiger partial charge in [0.25, 0.3) is 0 Å². The lowest BCUT2D eigenvalue weighted by molar-refractivity contribution is -0.0504. The third-order valence-corrected chi connectivity index (χ3v) is 4.07. The summed E-state index contributed by atoms with van der Waals surface area (Å²) in [6.07, 6.45) is 0. The van der Waals surface area contributed by atoms with Crippen molar-refractivity contribution in [3.05, 3.63) is 53.1 Å². The van der Waals surface area contributed by atoms with Crippen molar-refractivity contribution in [2.45, 2.75) is 26.6 Å². The molecule has 0 radical (unpaired) electrons. The monoisotopic (exact) mass is 521 g/mol. The summed E-state index contributed by atoms with van der Waals surface area (Å²) < 4.78 is 40.2. The number of rotatable bonds is 8. The smallest absolute Gasteiger partial charge is 0.387 e. The van der Waals surface area contributed by atoms with Gasteiger partial charge in [0, 0.05) is 25.7 Å². The molecule has 2 rings (SSSR count). The Bertz CT molecular complexity index is 820. The van der Waals surface area contributed by atoms with Crippen LogP contribution < -0.4 is 24.8 Å². The second-order valence-corrected chi connectivity index (χ2v) is 5.94. The van der Waals surface area contributed by atoms with Crippen molar-refractivity contribution in [2.75, 3.05) is 21.3 Å². The molecule has 0 spiro atoms. The third kappa shape index (κ3) is 7.56. The molecule has 0 atom stereocenters. The summed E-state index contributed by atoms with van der Waals surface area (Å²) in [5.74, 6) is 2.00. The highest BCUT2D eigenvalue weighted by Crippen LogP contribution is 2.25. The first-order valence-electron chi connectivity index (χ1n) is 8.66. The number of benzene rings is 2. The SMILES string of the molecule is CN=C(NCc1ccc(OC)c(C)c1)NCc1cc(OC)ccc1OC(F)F.I. The van der Waals surface area contributed by atoms with Crippen LogP contribution in [0.3, 0.4) is 0 Å². The predicted octanol–water partition coefficient (Wildman–Crippen LogP) is 4.10. The number of hydrogen-bond acceptors (Lipinski definition) is 4. The van der Waals surface area contributed by atoms with E-state index in [1.54, 1.807) is 26.3 Å². The molecule has 2 aromatic rings.